The van der Waals surface area contributed by atoms with Gasteiger partial charge in [0.15, 0.2) is 4.77 Å². The summed E-state index contributed by atoms with van der Waals surface area (Å²) in [7, 11) is 0. The van der Waals surface area contributed by atoms with Crippen LogP contribution in [-0.2, 0) is 19.8 Å². The first-order valence-electron chi connectivity index (χ1n) is 9.11. The van der Waals surface area contributed by atoms with E-state index in [4.69, 9.17) is 28.9 Å². The van der Waals surface area contributed by atoms with Crippen molar-refractivity contribution < 1.29 is 0 Å². The maximum atomic E-state index is 6.03. The van der Waals surface area contributed by atoms with E-state index in [-0.39, 0.29) is 0 Å². The van der Waals surface area contributed by atoms with E-state index >= 15 is 0 Å². The van der Waals surface area contributed by atoms with Gasteiger partial charge in [-0.15, -0.1) is 17.9 Å². The lowest BCUT2D eigenvalue weighted by Gasteiger charge is -2.34. The number of hydrogen-bond acceptors (Lipinski definition) is 5. The van der Waals surface area contributed by atoms with Crippen LogP contribution in [0.15, 0.2) is 24.8 Å². The summed E-state index contributed by atoms with van der Waals surface area (Å²) in [6.07, 6.45) is 4.37. The maximum Gasteiger partial charge on any atom is 0.199 e. The summed E-state index contributed by atoms with van der Waals surface area (Å²) in [5, 5.41) is 4.83. The molecule has 1 aliphatic heterocycles. The van der Waals surface area contributed by atoms with Crippen molar-refractivity contribution in [2.45, 2.75) is 38.5 Å². The summed E-state index contributed by atoms with van der Waals surface area (Å²) in [4.78, 5) is 6.27. The summed E-state index contributed by atoms with van der Waals surface area (Å²) >= 11 is 13.4. The van der Waals surface area contributed by atoms with Gasteiger partial charge in [0.1, 0.15) is 5.82 Å². The second kappa shape index (κ2) is 7.94. The van der Waals surface area contributed by atoms with E-state index in [0.717, 1.165) is 60.9 Å². The number of hydrogen-bond donors (Lipinski definition) is 0. The number of halogens is 1. The molecule has 1 saturated carbocycles. The van der Waals surface area contributed by atoms with Gasteiger partial charge in [-0.2, -0.15) is 5.10 Å². The minimum Gasteiger partial charge on any atom is -0.300 e. The van der Waals surface area contributed by atoms with Crippen LogP contribution in [0.25, 0.3) is 0 Å². The van der Waals surface area contributed by atoms with Crippen molar-refractivity contribution >= 4 is 35.2 Å². The second-order valence-electron chi connectivity index (χ2n) is 7.06. The highest BCUT2D eigenvalue weighted by Crippen LogP contribution is 2.39. The molecule has 26 heavy (non-hydrogen) atoms. The predicted octanol–water partition coefficient (Wildman–Crippen LogP) is 3.97. The number of aromatic nitrogens is 3. The van der Waals surface area contributed by atoms with E-state index in [2.05, 4.69) is 27.0 Å². The van der Waals surface area contributed by atoms with Gasteiger partial charge in [-0.3, -0.25) is 14.4 Å². The Balaban J connectivity index is 1.36. The van der Waals surface area contributed by atoms with Gasteiger partial charge in [0.05, 0.1) is 11.0 Å². The molecule has 1 saturated heterocycles. The Hall–Kier alpha value is -0.990. The minimum absolute atomic E-state index is 0.590. The minimum atomic E-state index is 0.590. The zero-order chi connectivity index (χ0) is 18.1. The smallest absolute Gasteiger partial charge is 0.199 e. The molecule has 2 fully saturated rings. The molecule has 2 aliphatic rings. The number of nitrogens with zero attached hydrogens (tertiary/aromatic N) is 5. The Morgan fingerprint density at radius 1 is 1.23 bits per heavy atom. The molecule has 0 amide bonds. The Bertz CT molecular complexity index is 827. The van der Waals surface area contributed by atoms with Gasteiger partial charge in [-0.25, -0.2) is 4.68 Å². The number of piperazine rings is 1. The fraction of sp³-hybridized carbons (Fsp3) is 0.556. The molecule has 0 N–H and O–H groups in total. The average Bonchev–Trinajstić information content (AvgIpc) is 3.33. The van der Waals surface area contributed by atoms with Gasteiger partial charge in [0.2, 0.25) is 0 Å². The Morgan fingerprint density at radius 3 is 2.58 bits per heavy atom. The maximum absolute atomic E-state index is 6.03. The lowest BCUT2D eigenvalue weighted by atomic mass is 10.3. The standard InChI is InChI=1S/C18H24ClN5S2/c1-2-7-23-17(14-3-4-14)20-24(18(23)25)13-22-10-8-21(9-11-22)12-15-5-6-16(19)26-15/h2,5-6,14H,1,3-4,7-13H2. The van der Waals surface area contributed by atoms with Gasteiger partial charge >= 0.3 is 0 Å². The van der Waals surface area contributed by atoms with E-state index in [9.17, 15) is 0 Å². The lowest BCUT2D eigenvalue weighted by molar-refractivity contribution is 0.0985. The molecule has 4 rings (SSSR count). The Kier molecular flexibility index (Phi) is 5.61. The van der Waals surface area contributed by atoms with Gasteiger partial charge < -0.3 is 0 Å². The van der Waals surface area contributed by atoms with E-state index < -0.39 is 0 Å². The Morgan fingerprint density at radius 2 is 1.96 bits per heavy atom. The van der Waals surface area contributed by atoms with Gasteiger partial charge in [-0.1, -0.05) is 17.7 Å². The molecule has 3 heterocycles. The molecule has 0 bridgehead atoms. The zero-order valence-corrected chi connectivity index (χ0v) is 17.2. The van der Waals surface area contributed by atoms with Crippen molar-refractivity contribution in [2.75, 3.05) is 26.2 Å². The van der Waals surface area contributed by atoms with E-state index in [1.54, 1.807) is 11.3 Å². The fourth-order valence-electron chi connectivity index (χ4n) is 3.43. The zero-order valence-electron chi connectivity index (χ0n) is 14.8. The van der Waals surface area contributed by atoms with Crippen LogP contribution in [0.4, 0.5) is 0 Å². The first kappa shape index (κ1) is 18.4. The molecule has 0 spiro atoms. The number of allylic oxidation sites excluding steroid dienone is 1. The summed E-state index contributed by atoms with van der Waals surface area (Å²) in [6.45, 7) is 10.6. The van der Waals surface area contributed by atoms with Crippen molar-refractivity contribution in [1.29, 1.82) is 0 Å². The number of thiophene rings is 1. The third-order valence-electron chi connectivity index (χ3n) is 5.01. The third-order valence-corrected chi connectivity index (χ3v) is 6.66. The highest BCUT2D eigenvalue weighted by molar-refractivity contribution is 7.71. The molecular formula is C18H24ClN5S2. The molecule has 8 heteroatoms. The van der Waals surface area contributed by atoms with Crippen LogP contribution in [0.2, 0.25) is 4.34 Å². The summed E-state index contributed by atoms with van der Waals surface area (Å²) in [5.41, 5.74) is 0. The molecule has 0 aromatic carbocycles. The highest BCUT2D eigenvalue weighted by Gasteiger charge is 2.30. The van der Waals surface area contributed by atoms with E-state index in [1.807, 2.05) is 16.8 Å². The van der Waals surface area contributed by atoms with E-state index in [1.165, 1.54) is 17.7 Å². The first-order chi connectivity index (χ1) is 12.6. The second-order valence-corrected chi connectivity index (χ2v) is 9.22. The van der Waals surface area contributed by atoms with Crippen LogP contribution >= 0.6 is 35.2 Å². The van der Waals surface area contributed by atoms with Crippen molar-refractivity contribution in [1.82, 2.24) is 24.1 Å². The molecule has 2 aromatic heterocycles. The van der Waals surface area contributed by atoms with E-state index in [0.29, 0.717) is 5.92 Å². The van der Waals surface area contributed by atoms with Crippen molar-refractivity contribution in [3.63, 3.8) is 0 Å². The average molecular weight is 410 g/mol. The monoisotopic (exact) mass is 409 g/mol. The third kappa shape index (κ3) is 4.12. The summed E-state index contributed by atoms with van der Waals surface area (Å²) in [5.74, 6) is 1.73. The molecular weight excluding hydrogens is 386 g/mol. The lowest BCUT2D eigenvalue weighted by Crippen LogP contribution is -2.46. The predicted molar refractivity (Wildman–Crippen MR) is 109 cm³/mol. The van der Waals surface area contributed by atoms with Crippen LogP contribution < -0.4 is 0 Å². The molecule has 140 valence electrons. The first-order valence-corrected chi connectivity index (χ1v) is 10.7. The van der Waals surface area contributed by atoms with Gasteiger partial charge in [0, 0.05) is 50.1 Å². The molecule has 0 radical (unpaired) electrons. The molecule has 0 atom stereocenters. The van der Waals surface area contributed by atoms with Crippen molar-refractivity contribution in [3.05, 3.63) is 44.6 Å². The molecule has 1 aliphatic carbocycles. The van der Waals surface area contributed by atoms with Crippen LogP contribution in [0.3, 0.4) is 0 Å². The largest absolute Gasteiger partial charge is 0.300 e. The van der Waals surface area contributed by atoms with Crippen LogP contribution in [-0.4, -0.2) is 50.3 Å². The Labute approximate surface area is 168 Å². The van der Waals surface area contributed by atoms with Crippen LogP contribution in [0, 0.1) is 4.77 Å². The molecule has 5 nitrogen and oxygen atoms in total. The summed E-state index contributed by atoms with van der Waals surface area (Å²) < 4.78 is 5.84. The molecule has 2 aromatic rings. The number of rotatable bonds is 7. The SMILES string of the molecule is C=CCn1c(C2CC2)nn(CN2CCN(Cc3ccc(Cl)s3)CC2)c1=S. The van der Waals surface area contributed by atoms with Crippen LogP contribution in [0.1, 0.15) is 29.5 Å². The quantitative estimate of drug-likeness (QED) is 0.511. The van der Waals surface area contributed by atoms with Crippen molar-refractivity contribution in [2.24, 2.45) is 0 Å². The fourth-order valence-corrected chi connectivity index (χ4v) is 4.83. The summed E-state index contributed by atoms with van der Waals surface area (Å²) in [6, 6.07) is 4.11. The van der Waals surface area contributed by atoms with Gasteiger partial charge in [0.25, 0.3) is 0 Å². The topological polar surface area (TPSA) is 29.2 Å². The van der Waals surface area contributed by atoms with Gasteiger partial charge in [-0.05, 0) is 37.2 Å². The highest BCUT2D eigenvalue weighted by atomic mass is 35.5. The van der Waals surface area contributed by atoms with Crippen molar-refractivity contribution in [3.8, 4) is 0 Å². The molecule has 0 unspecified atom stereocenters. The van der Waals surface area contributed by atoms with Crippen LogP contribution in [0.5, 0.6) is 0 Å². The normalized spacial score (nSPS) is 19.1.